The van der Waals surface area contributed by atoms with Gasteiger partial charge in [-0.1, -0.05) is 11.6 Å². The molecule has 0 atom stereocenters. The summed E-state index contributed by atoms with van der Waals surface area (Å²) in [6.45, 7) is 1.89. The van der Waals surface area contributed by atoms with E-state index < -0.39 is 0 Å². The van der Waals surface area contributed by atoms with E-state index in [1.165, 1.54) is 4.90 Å². The summed E-state index contributed by atoms with van der Waals surface area (Å²) >= 11 is 5.97. The molecule has 0 radical (unpaired) electrons. The second-order valence-electron chi connectivity index (χ2n) is 4.61. The number of carbonyl (C=O) groups is 2. The van der Waals surface area contributed by atoms with Crippen LogP contribution in [0.15, 0.2) is 42.5 Å². The summed E-state index contributed by atoms with van der Waals surface area (Å²) < 4.78 is 0. The number of aryl methyl sites for hydroxylation is 1. The molecule has 3 nitrogen and oxygen atoms in total. The van der Waals surface area contributed by atoms with Crippen LogP contribution in [0.1, 0.15) is 21.5 Å². The number of rotatable bonds is 4. The normalized spacial score (nSPS) is 10.2. The van der Waals surface area contributed by atoms with Gasteiger partial charge in [-0.2, -0.15) is 0 Å². The molecule has 2 aromatic carbocycles. The maximum Gasteiger partial charge on any atom is 0.213 e. The lowest BCUT2D eigenvalue weighted by molar-refractivity contribution is -0.107. The van der Waals surface area contributed by atoms with Gasteiger partial charge in [0.05, 0.1) is 0 Å². The standard InChI is InChI=1S/C16H14ClNO2/c1-11-7-13(9-14(17)8-11)16(20)12-3-5-15(6-4-12)18(2)10-19/h3-10H,1-2H3. The fraction of sp³-hybridized carbons (Fsp3) is 0.125. The highest BCUT2D eigenvalue weighted by molar-refractivity contribution is 6.31. The van der Waals surface area contributed by atoms with Crippen LogP contribution < -0.4 is 4.90 Å². The third-order valence-electron chi connectivity index (χ3n) is 3.00. The molecule has 0 saturated carbocycles. The topological polar surface area (TPSA) is 37.4 Å². The number of benzene rings is 2. The van der Waals surface area contributed by atoms with Crippen molar-refractivity contribution in [3.63, 3.8) is 0 Å². The zero-order valence-corrected chi connectivity index (χ0v) is 12.0. The number of nitrogens with zero attached hydrogens (tertiary/aromatic N) is 1. The summed E-state index contributed by atoms with van der Waals surface area (Å²) in [6.07, 6.45) is 0.719. The van der Waals surface area contributed by atoms with Crippen LogP contribution in [0.4, 0.5) is 5.69 Å². The maximum absolute atomic E-state index is 12.4. The Morgan fingerprint density at radius 1 is 1.10 bits per heavy atom. The third kappa shape index (κ3) is 3.06. The number of amides is 1. The van der Waals surface area contributed by atoms with Crippen molar-refractivity contribution >= 4 is 29.5 Å². The first-order chi connectivity index (χ1) is 9.51. The third-order valence-corrected chi connectivity index (χ3v) is 3.22. The highest BCUT2D eigenvalue weighted by Gasteiger charge is 2.10. The van der Waals surface area contributed by atoms with Gasteiger partial charge in [0.1, 0.15) is 0 Å². The van der Waals surface area contributed by atoms with Gasteiger partial charge in [0.25, 0.3) is 0 Å². The van der Waals surface area contributed by atoms with Crippen molar-refractivity contribution in [2.45, 2.75) is 6.92 Å². The predicted molar refractivity (Wildman–Crippen MR) is 80.5 cm³/mol. The molecule has 0 aromatic heterocycles. The molecular formula is C16H14ClNO2. The van der Waals surface area contributed by atoms with E-state index in [0.29, 0.717) is 16.1 Å². The van der Waals surface area contributed by atoms with Crippen LogP contribution in [-0.4, -0.2) is 19.2 Å². The highest BCUT2D eigenvalue weighted by Crippen LogP contribution is 2.19. The molecule has 20 heavy (non-hydrogen) atoms. The van der Waals surface area contributed by atoms with Gasteiger partial charge in [-0.25, -0.2) is 0 Å². The fourth-order valence-electron chi connectivity index (χ4n) is 1.94. The molecule has 0 saturated heterocycles. The Kier molecular flexibility index (Phi) is 4.20. The Hall–Kier alpha value is -2.13. The number of carbonyl (C=O) groups excluding carboxylic acids is 2. The Morgan fingerprint density at radius 3 is 2.30 bits per heavy atom. The Balaban J connectivity index is 2.31. The minimum atomic E-state index is -0.0871. The SMILES string of the molecule is Cc1cc(Cl)cc(C(=O)c2ccc(N(C)C=O)cc2)c1. The van der Waals surface area contributed by atoms with E-state index in [4.69, 9.17) is 11.6 Å². The average molecular weight is 288 g/mol. The highest BCUT2D eigenvalue weighted by atomic mass is 35.5. The lowest BCUT2D eigenvalue weighted by Crippen LogP contribution is -2.13. The summed E-state index contributed by atoms with van der Waals surface area (Å²) in [7, 11) is 1.66. The van der Waals surface area contributed by atoms with Gasteiger partial charge in [-0.3, -0.25) is 9.59 Å². The van der Waals surface area contributed by atoms with Gasteiger partial charge in [0, 0.05) is 28.9 Å². The van der Waals surface area contributed by atoms with Crippen LogP contribution in [0.25, 0.3) is 0 Å². The Labute approximate surface area is 122 Å². The molecule has 0 unspecified atom stereocenters. The quantitative estimate of drug-likeness (QED) is 0.638. The van der Waals surface area contributed by atoms with Crippen LogP contribution >= 0.6 is 11.6 Å². The molecule has 0 N–H and O–H groups in total. The van der Waals surface area contributed by atoms with Crippen LogP contribution in [0.2, 0.25) is 5.02 Å². The number of hydrogen-bond donors (Lipinski definition) is 0. The minimum absolute atomic E-state index is 0.0871. The van der Waals surface area contributed by atoms with Crippen molar-refractivity contribution < 1.29 is 9.59 Å². The van der Waals surface area contributed by atoms with Gasteiger partial charge in [-0.15, -0.1) is 0 Å². The van der Waals surface area contributed by atoms with Crippen molar-refractivity contribution in [1.82, 2.24) is 0 Å². The summed E-state index contributed by atoms with van der Waals surface area (Å²) in [5.41, 5.74) is 2.80. The number of ketones is 1. The molecular weight excluding hydrogens is 274 g/mol. The molecule has 1 amide bonds. The lowest BCUT2D eigenvalue weighted by atomic mass is 10.0. The van der Waals surface area contributed by atoms with Gasteiger partial charge in [-0.05, 0) is 55.0 Å². The molecule has 0 spiro atoms. The van der Waals surface area contributed by atoms with Gasteiger partial charge < -0.3 is 4.90 Å². The fourth-order valence-corrected chi connectivity index (χ4v) is 2.23. The van der Waals surface area contributed by atoms with Gasteiger partial charge >= 0.3 is 0 Å². The molecule has 4 heteroatoms. The monoisotopic (exact) mass is 287 g/mol. The van der Waals surface area contributed by atoms with Crippen molar-refractivity contribution in [3.05, 3.63) is 64.2 Å². The first kappa shape index (κ1) is 14.3. The predicted octanol–water partition coefficient (Wildman–Crippen LogP) is 3.47. The molecule has 2 rings (SSSR count). The summed E-state index contributed by atoms with van der Waals surface area (Å²) in [5, 5.41) is 0.547. The second-order valence-corrected chi connectivity index (χ2v) is 5.05. The zero-order valence-electron chi connectivity index (χ0n) is 11.3. The van der Waals surface area contributed by atoms with Crippen LogP contribution in [-0.2, 0) is 4.79 Å². The van der Waals surface area contributed by atoms with E-state index in [1.54, 1.807) is 49.5 Å². The van der Waals surface area contributed by atoms with Crippen molar-refractivity contribution in [2.75, 3.05) is 11.9 Å². The van der Waals surface area contributed by atoms with Crippen LogP contribution in [0.3, 0.4) is 0 Å². The number of hydrogen-bond acceptors (Lipinski definition) is 2. The van der Waals surface area contributed by atoms with Crippen molar-refractivity contribution in [2.24, 2.45) is 0 Å². The van der Waals surface area contributed by atoms with E-state index in [1.807, 2.05) is 6.92 Å². The van der Waals surface area contributed by atoms with E-state index in [2.05, 4.69) is 0 Å². The smallest absolute Gasteiger partial charge is 0.213 e. The van der Waals surface area contributed by atoms with Crippen LogP contribution in [0.5, 0.6) is 0 Å². The molecule has 0 aliphatic rings. The van der Waals surface area contributed by atoms with Gasteiger partial charge in [0.2, 0.25) is 6.41 Å². The first-order valence-electron chi connectivity index (χ1n) is 6.11. The molecule has 102 valence electrons. The molecule has 0 bridgehead atoms. The minimum Gasteiger partial charge on any atom is -0.318 e. The second kappa shape index (κ2) is 5.88. The van der Waals surface area contributed by atoms with Crippen molar-refractivity contribution in [1.29, 1.82) is 0 Å². The molecule has 0 fully saturated rings. The van der Waals surface area contributed by atoms with Gasteiger partial charge in [0.15, 0.2) is 5.78 Å². The molecule has 0 aliphatic carbocycles. The Morgan fingerprint density at radius 2 is 1.75 bits per heavy atom. The summed E-state index contributed by atoms with van der Waals surface area (Å²) in [5.74, 6) is -0.0871. The lowest BCUT2D eigenvalue weighted by Gasteiger charge is -2.11. The molecule has 0 heterocycles. The average Bonchev–Trinajstić information content (AvgIpc) is 2.45. The largest absolute Gasteiger partial charge is 0.318 e. The van der Waals surface area contributed by atoms with E-state index >= 15 is 0 Å². The molecule has 0 aliphatic heterocycles. The number of halogens is 1. The summed E-state index contributed by atoms with van der Waals surface area (Å²) in [6, 6.07) is 12.1. The first-order valence-corrected chi connectivity index (χ1v) is 6.49. The van der Waals surface area contributed by atoms with E-state index in [9.17, 15) is 9.59 Å². The maximum atomic E-state index is 12.4. The van der Waals surface area contributed by atoms with E-state index in [-0.39, 0.29) is 5.78 Å². The van der Waals surface area contributed by atoms with E-state index in [0.717, 1.165) is 17.7 Å². The Bertz CT molecular complexity index is 630. The number of anilines is 1. The summed E-state index contributed by atoms with van der Waals surface area (Å²) in [4.78, 5) is 24.5. The zero-order chi connectivity index (χ0) is 14.7. The van der Waals surface area contributed by atoms with Crippen molar-refractivity contribution in [3.8, 4) is 0 Å². The molecule has 2 aromatic rings. The van der Waals surface area contributed by atoms with Crippen LogP contribution in [0, 0.1) is 6.92 Å².